The summed E-state index contributed by atoms with van der Waals surface area (Å²) in [7, 11) is -2.34. The van der Waals surface area contributed by atoms with Gasteiger partial charge in [-0.1, -0.05) is 12.1 Å². The minimum absolute atomic E-state index is 0.0600. The Balaban J connectivity index is 1.63. The van der Waals surface area contributed by atoms with Gasteiger partial charge in [0.25, 0.3) is 0 Å². The van der Waals surface area contributed by atoms with Gasteiger partial charge in [0.05, 0.1) is 31.7 Å². The van der Waals surface area contributed by atoms with Crippen molar-refractivity contribution in [2.75, 3.05) is 38.7 Å². The molecule has 10 heteroatoms. The van der Waals surface area contributed by atoms with E-state index in [1.165, 1.54) is 23.5 Å². The van der Waals surface area contributed by atoms with Gasteiger partial charge in [0.1, 0.15) is 16.5 Å². The maximum Gasteiger partial charge on any atom is 0.246 e. The number of aromatic nitrogens is 2. The Morgan fingerprint density at radius 2 is 1.84 bits per heavy atom. The number of anilines is 2. The van der Waals surface area contributed by atoms with E-state index in [0.29, 0.717) is 30.3 Å². The lowest BCUT2D eigenvalue weighted by Gasteiger charge is -2.26. The number of hydrogen-bond acceptors (Lipinski definition) is 7. The molecule has 0 atom stereocenters. The number of nitrogens with one attached hydrogen (secondary N) is 1. The molecule has 0 spiro atoms. The summed E-state index contributed by atoms with van der Waals surface area (Å²) >= 11 is 0. The average Bonchev–Trinajstić information content (AvgIpc) is 2.81. The molecule has 0 unspecified atom stereocenters. The third-order valence-electron chi connectivity index (χ3n) is 4.85. The monoisotopic (exact) mass is 444 g/mol. The fourth-order valence-electron chi connectivity index (χ4n) is 3.22. The number of ether oxygens (including phenoxy) is 2. The van der Waals surface area contributed by atoms with Crippen LogP contribution in [-0.4, -0.2) is 56.3 Å². The number of benzene rings is 2. The van der Waals surface area contributed by atoms with Crippen LogP contribution >= 0.6 is 0 Å². The van der Waals surface area contributed by atoms with Gasteiger partial charge in [-0.2, -0.15) is 4.31 Å². The molecule has 1 aromatic heterocycles. The second kappa shape index (κ2) is 8.96. The smallest absolute Gasteiger partial charge is 0.246 e. The van der Waals surface area contributed by atoms with E-state index in [0.717, 1.165) is 0 Å². The molecule has 1 aliphatic rings. The lowest BCUT2D eigenvalue weighted by atomic mass is 10.1. The number of morpholine rings is 1. The highest BCUT2D eigenvalue weighted by molar-refractivity contribution is 7.89. The van der Waals surface area contributed by atoms with E-state index in [2.05, 4.69) is 15.5 Å². The fourth-order valence-corrected chi connectivity index (χ4v) is 4.81. The largest absolute Gasteiger partial charge is 0.495 e. The lowest BCUT2D eigenvalue weighted by molar-refractivity contribution is 0.0729. The van der Waals surface area contributed by atoms with Crippen molar-refractivity contribution in [1.29, 1.82) is 0 Å². The maximum absolute atomic E-state index is 13.8. The highest BCUT2D eigenvalue weighted by atomic mass is 32.2. The molecular formula is C21H21FN4O4S. The molecule has 0 aliphatic carbocycles. The first-order valence-corrected chi connectivity index (χ1v) is 11.0. The van der Waals surface area contributed by atoms with Gasteiger partial charge in [-0.3, -0.25) is 0 Å². The van der Waals surface area contributed by atoms with Crippen LogP contribution in [0.5, 0.6) is 5.75 Å². The fraction of sp³-hybridized carbons (Fsp3) is 0.238. The van der Waals surface area contributed by atoms with E-state index in [4.69, 9.17) is 9.47 Å². The zero-order valence-corrected chi connectivity index (χ0v) is 17.6. The number of para-hydroxylation sites is 1. The van der Waals surface area contributed by atoms with Crippen molar-refractivity contribution < 1.29 is 22.3 Å². The number of hydrogen-bond donors (Lipinski definition) is 1. The van der Waals surface area contributed by atoms with Crippen LogP contribution in [0.2, 0.25) is 0 Å². The number of rotatable bonds is 6. The van der Waals surface area contributed by atoms with Gasteiger partial charge < -0.3 is 14.8 Å². The van der Waals surface area contributed by atoms with Crippen LogP contribution in [-0.2, 0) is 14.8 Å². The molecule has 1 saturated heterocycles. The summed E-state index contributed by atoms with van der Waals surface area (Å²) in [5.41, 5.74) is 1.32. The quantitative estimate of drug-likeness (QED) is 0.625. The highest BCUT2D eigenvalue weighted by Crippen LogP contribution is 2.32. The Hall–Kier alpha value is -3.08. The topological polar surface area (TPSA) is 93.7 Å². The second-order valence-corrected chi connectivity index (χ2v) is 8.70. The molecule has 2 heterocycles. The van der Waals surface area contributed by atoms with Gasteiger partial charge in [-0.05, 0) is 42.5 Å². The van der Waals surface area contributed by atoms with E-state index in [-0.39, 0.29) is 29.4 Å². The third-order valence-corrected chi connectivity index (χ3v) is 6.77. The van der Waals surface area contributed by atoms with Crippen molar-refractivity contribution in [2.24, 2.45) is 0 Å². The Kier molecular flexibility index (Phi) is 6.12. The summed E-state index contributed by atoms with van der Waals surface area (Å²) in [5.74, 6) is 0.214. The number of sulfonamides is 1. The molecule has 0 amide bonds. The molecule has 4 rings (SSSR count). The van der Waals surface area contributed by atoms with Crippen molar-refractivity contribution in [3.63, 3.8) is 0 Å². The molecular weight excluding hydrogens is 423 g/mol. The zero-order chi connectivity index (χ0) is 21.8. The molecule has 31 heavy (non-hydrogen) atoms. The molecule has 162 valence electrons. The van der Waals surface area contributed by atoms with E-state index in [9.17, 15) is 12.8 Å². The molecule has 1 N–H and O–H groups in total. The third kappa shape index (κ3) is 4.50. The molecule has 0 bridgehead atoms. The Bertz CT molecular complexity index is 1170. The first kappa shape index (κ1) is 21.2. The molecule has 2 aromatic carbocycles. The van der Waals surface area contributed by atoms with Crippen molar-refractivity contribution in [3.05, 3.63) is 60.4 Å². The normalized spacial score (nSPS) is 14.9. The molecule has 8 nitrogen and oxygen atoms in total. The first-order valence-electron chi connectivity index (χ1n) is 9.60. The maximum atomic E-state index is 13.8. The molecule has 1 fully saturated rings. The van der Waals surface area contributed by atoms with Gasteiger partial charge >= 0.3 is 0 Å². The summed E-state index contributed by atoms with van der Waals surface area (Å²) in [6.07, 6.45) is 0. The Morgan fingerprint density at radius 1 is 1.06 bits per heavy atom. The van der Waals surface area contributed by atoms with Crippen LogP contribution in [0.3, 0.4) is 0 Å². The molecule has 3 aromatic rings. The van der Waals surface area contributed by atoms with Crippen molar-refractivity contribution in [3.8, 4) is 17.0 Å². The van der Waals surface area contributed by atoms with Crippen molar-refractivity contribution >= 4 is 21.5 Å². The standard InChI is InChI=1S/C21H21FN4O4S/c1-29-19-8-6-15(14-20(19)31(27,28)26-10-12-30-13-11-26)17-7-9-21(25-24-17)23-18-5-3-2-4-16(18)22/h2-9,14H,10-13H2,1H3,(H,23,25). The van der Waals surface area contributed by atoms with Gasteiger partial charge in [-0.25, -0.2) is 12.8 Å². The summed E-state index contributed by atoms with van der Waals surface area (Å²) in [6.45, 7) is 1.27. The minimum atomic E-state index is -3.76. The first-order chi connectivity index (χ1) is 15.0. The van der Waals surface area contributed by atoms with E-state index < -0.39 is 15.8 Å². The second-order valence-electron chi connectivity index (χ2n) is 6.79. The van der Waals surface area contributed by atoms with Crippen molar-refractivity contribution in [1.82, 2.24) is 14.5 Å². The molecule has 0 radical (unpaired) electrons. The predicted molar refractivity (Wildman–Crippen MR) is 113 cm³/mol. The Morgan fingerprint density at radius 3 is 2.52 bits per heavy atom. The van der Waals surface area contributed by atoms with Crippen LogP contribution in [0.1, 0.15) is 0 Å². The van der Waals surface area contributed by atoms with E-state index >= 15 is 0 Å². The van der Waals surface area contributed by atoms with Crippen LogP contribution < -0.4 is 10.1 Å². The molecule has 0 saturated carbocycles. The summed E-state index contributed by atoms with van der Waals surface area (Å²) < 4.78 is 52.0. The van der Waals surface area contributed by atoms with Gasteiger partial charge in [0.15, 0.2) is 5.82 Å². The van der Waals surface area contributed by atoms with Crippen molar-refractivity contribution in [2.45, 2.75) is 4.90 Å². The number of methoxy groups -OCH3 is 1. The molecule has 1 aliphatic heterocycles. The highest BCUT2D eigenvalue weighted by Gasteiger charge is 2.29. The summed E-state index contributed by atoms with van der Waals surface area (Å²) in [6, 6.07) is 14.4. The number of halogens is 1. The van der Waals surface area contributed by atoms with Gasteiger partial charge in [-0.15, -0.1) is 10.2 Å². The number of nitrogens with zero attached hydrogens (tertiary/aromatic N) is 3. The van der Waals surface area contributed by atoms with Crippen LogP contribution in [0, 0.1) is 5.82 Å². The van der Waals surface area contributed by atoms with Gasteiger partial charge in [0, 0.05) is 18.7 Å². The lowest BCUT2D eigenvalue weighted by Crippen LogP contribution is -2.40. The van der Waals surface area contributed by atoms with Crippen LogP contribution in [0.25, 0.3) is 11.3 Å². The zero-order valence-electron chi connectivity index (χ0n) is 16.8. The SMILES string of the molecule is COc1ccc(-c2ccc(Nc3ccccc3F)nn2)cc1S(=O)(=O)N1CCOCC1. The Labute approximate surface area is 179 Å². The summed E-state index contributed by atoms with van der Waals surface area (Å²) in [4.78, 5) is 0.0600. The predicted octanol–water partition coefficient (Wildman–Crippen LogP) is 3.06. The van der Waals surface area contributed by atoms with Crippen LogP contribution in [0.15, 0.2) is 59.5 Å². The summed E-state index contributed by atoms with van der Waals surface area (Å²) in [5, 5.41) is 11.1. The average molecular weight is 444 g/mol. The van der Waals surface area contributed by atoms with E-state index in [1.807, 2.05) is 0 Å². The van der Waals surface area contributed by atoms with Gasteiger partial charge in [0.2, 0.25) is 10.0 Å². The minimum Gasteiger partial charge on any atom is -0.495 e. The van der Waals surface area contributed by atoms with Crippen LogP contribution in [0.4, 0.5) is 15.9 Å². The van der Waals surface area contributed by atoms with E-state index in [1.54, 1.807) is 42.5 Å².